The fourth-order valence-corrected chi connectivity index (χ4v) is 4.58. The van der Waals surface area contributed by atoms with Gasteiger partial charge in [0.2, 0.25) is 5.91 Å². The van der Waals surface area contributed by atoms with Gasteiger partial charge in [-0.25, -0.2) is 9.31 Å². The maximum atomic E-state index is 12.3. The lowest BCUT2D eigenvalue weighted by molar-refractivity contribution is -0.120. The lowest BCUT2D eigenvalue weighted by Crippen LogP contribution is -2.59. The van der Waals surface area contributed by atoms with E-state index in [-0.39, 0.29) is 17.5 Å². The van der Waals surface area contributed by atoms with Crippen molar-refractivity contribution in [1.82, 2.24) is 24.7 Å². The van der Waals surface area contributed by atoms with Crippen molar-refractivity contribution in [1.29, 1.82) is 0 Å². The molecule has 8 heteroatoms. The van der Waals surface area contributed by atoms with Crippen LogP contribution in [0.2, 0.25) is 0 Å². The average Bonchev–Trinajstić information content (AvgIpc) is 3.06. The van der Waals surface area contributed by atoms with Gasteiger partial charge in [-0.1, -0.05) is 13.8 Å². The number of rotatable bonds is 5. The molecule has 0 atom stereocenters. The highest BCUT2D eigenvalue weighted by Gasteiger charge is 2.33. The largest absolute Gasteiger partial charge is 0.328 e. The second-order valence-corrected chi connectivity index (χ2v) is 9.51. The molecule has 0 unspecified atom stereocenters. The van der Waals surface area contributed by atoms with Gasteiger partial charge in [-0.3, -0.25) is 24.8 Å². The Bertz CT molecular complexity index is 950. The molecule has 2 aromatic heterocycles. The summed E-state index contributed by atoms with van der Waals surface area (Å²) >= 11 is 0. The molecule has 3 amide bonds. The first-order chi connectivity index (χ1) is 14.2. The van der Waals surface area contributed by atoms with E-state index in [1.165, 1.54) is 5.56 Å². The molecule has 2 aromatic rings. The molecule has 2 aliphatic rings. The van der Waals surface area contributed by atoms with Crippen molar-refractivity contribution in [2.45, 2.75) is 46.2 Å². The molecule has 0 saturated carbocycles. The molecule has 2 aliphatic heterocycles. The number of carbonyl (C=O) groups excluding carboxylic acids is 2. The number of urea groups is 1. The second kappa shape index (κ2) is 8.00. The Morgan fingerprint density at radius 3 is 2.70 bits per heavy atom. The molecule has 1 N–H and O–H groups in total. The van der Waals surface area contributed by atoms with Gasteiger partial charge in [0.25, 0.3) is 0 Å². The maximum absolute atomic E-state index is 12.3. The zero-order chi connectivity index (χ0) is 21.5. The first-order valence-electron chi connectivity index (χ1n) is 10.8. The van der Waals surface area contributed by atoms with Crippen LogP contribution in [-0.4, -0.2) is 69.6 Å². The highest BCUT2D eigenvalue weighted by molar-refractivity contribution is 6.07. The monoisotopic (exact) mass is 412 g/mol. The van der Waals surface area contributed by atoms with Crippen LogP contribution in [0.3, 0.4) is 0 Å². The van der Waals surface area contributed by atoms with Gasteiger partial charge in [0.1, 0.15) is 0 Å². The van der Waals surface area contributed by atoms with E-state index < -0.39 is 0 Å². The first-order valence-corrected chi connectivity index (χ1v) is 10.8. The van der Waals surface area contributed by atoms with Crippen molar-refractivity contribution < 1.29 is 9.59 Å². The third kappa shape index (κ3) is 4.20. The first kappa shape index (κ1) is 20.8. The van der Waals surface area contributed by atoms with E-state index in [0.29, 0.717) is 18.9 Å². The topological polar surface area (TPSA) is 73.2 Å². The SMILES string of the molecule is CC(C)CN1CCN(Cc2ccn3ncc(N4CCC(=O)NC4=O)c3c2)CC1(C)C. The zero-order valence-electron chi connectivity index (χ0n) is 18.4. The summed E-state index contributed by atoms with van der Waals surface area (Å²) in [4.78, 5) is 30.4. The van der Waals surface area contributed by atoms with Crippen LogP contribution < -0.4 is 10.2 Å². The molecule has 4 rings (SSSR count). The molecule has 0 spiro atoms. The van der Waals surface area contributed by atoms with Gasteiger partial charge in [-0.15, -0.1) is 0 Å². The smallest absolute Gasteiger partial charge is 0.296 e. The summed E-state index contributed by atoms with van der Waals surface area (Å²) in [5.41, 5.74) is 2.97. The number of nitrogens with one attached hydrogen (secondary N) is 1. The summed E-state index contributed by atoms with van der Waals surface area (Å²) in [7, 11) is 0. The normalized spacial score (nSPS) is 20.9. The molecule has 8 nitrogen and oxygen atoms in total. The number of fused-ring (bicyclic) bond motifs is 1. The Labute approximate surface area is 177 Å². The standard InChI is InChI=1S/C22H32N6O2/c1-16(2)13-26-10-9-25(15-22(26,3)4)14-17-5-8-28-18(11-17)19(12-23-28)27-7-6-20(29)24-21(27)30/h5,8,11-12,16H,6-7,9-10,13-15H2,1-4H3,(H,24,29,30). The molecule has 162 valence electrons. The van der Waals surface area contributed by atoms with Gasteiger partial charge in [-0.2, -0.15) is 5.10 Å². The number of piperazine rings is 1. The van der Waals surface area contributed by atoms with Crippen LogP contribution in [0.15, 0.2) is 24.5 Å². The Kier molecular flexibility index (Phi) is 5.55. The third-order valence-corrected chi connectivity index (χ3v) is 6.05. The van der Waals surface area contributed by atoms with E-state index in [9.17, 15) is 9.59 Å². The Morgan fingerprint density at radius 1 is 1.20 bits per heavy atom. The summed E-state index contributed by atoms with van der Waals surface area (Å²) in [6.07, 6.45) is 3.95. The molecule has 0 bridgehead atoms. The average molecular weight is 413 g/mol. The fraction of sp³-hybridized carbons (Fsp3) is 0.591. The lowest BCUT2D eigenvalue weighted by atomic mass is 9.96. The predicted molar refractivity (Wildman–Crippen MR) is 116 cm³/mol. The van der Waals surface area contributed by atoms with Gasteiger partial charge in [0.05, 0.1) is 17.4 Å². The molecular formula is C22H32N6O2. The number of amides is 3. The molecule has 2 saturated heterocycles. The Hall–Kier alpha value is -2.45. The summed E-state index contributed by atoms with van der Waals surface area (Å²) in [6.45, 7) is 14.7. The minimum absolute atomic E-state index is 0.146. The molecule has 30 heavy (non-hydrogen) atoms. The van der Waals surface area contributed by atoms with Crippen LogP contribution in [0.1, 0.15) is 39.7 Å². The number of aromatic nitrogens is 2. The van der Waals surface area contributed by atoms with E-state index >= 15 is 0 Å². The highest BCUT2D eigenvalue weighted by atomic mass is 16.2. The van der Waals surface area contributed by atoms with Crippen LogP contribution in [0, 0.1) is 5.92 Å². The minimum Gasteiger partial charge on any atom is -0.296 e. The molecular weight excluding hydrogens is 380 g/mol. The van der Waals surface area contributed by atoms with E-state index in [2.05, 4.69) is 60.0 Å². The van der Waals surface area contributed by atoms with Crippen LogP contribution in [0.5, 0.6) is 0 Å². The van der Waals surface area contributed by atoms with Gasteiger partial charge < -0.3 is 0 Å². The summed E-state index contributed by atoms with van der Waals surface area (Å²) in [6, 6.07) is 3.82. The quantitative estimate of drug-likeness (QED) is 0.816. The van der Waals surface area contributed by atoms with Crippen molar-refractivity contribution in [3.05, 3.63) is 30.1 Å². The van der Waals surface area contributed by atoms with Gasteiger partial charge in [0.15, 0.2) is 0 Å². The van der Waals surface area contributed by atoms with E-state index in [1.54, 1.807) is 15.6 Å². The van der Waals surface area contributed by atoms with Crippen molar-refractivity contribution in [2.24, 2.45) is 5.92 Å². The number of imide groups is 1. The van der Waals surface area contributed by atoms with E-state index in [0.717, 1.165) is 43.9 Å². The van der Waals surface area contributed by atoms with Crippen molar-refractivity contribution in [3.8, 4) is 0 Å². The minimum atomic E-state index is -0.380. The van der Waals surface area contributed by atoms with Crippen molar-refractivity contribution in [3.63, 3.8) is 0 Å². The Balaban J connectivity index is 1.51. The highest BCUT2D eigenvalue weighted by Crippen LogP contribution is 2.26. The van der Waals surface area contributed by atoms with Crippen LogP contribution in [0.4, 0.5) is 10.5 Å². The number of hydrogen-bond acceptors (Lipinski definition) is 5. The van der Waals surface area contributed by atoms with Crippen molar-refractivity contribution in [2.75, 3.05) is 37.6 Å². The molecule has 4 heterocycles. The third-order valence-electron chi connectivity index (χ3n) is 6.05. The summed E-state index contributed by atoms with van der Waals surface area (Å²) < 4.78 is 1.78. The molecule has 0 aliphatic carbocycles. The van der Waals surface area contributed by atoms with Gasteiger partial charge in [-0.05, 0) is 37.5 Å². The van der Waals surface area contributed by atoms with Crippen LogP contribution in [0.25, 0.3) is 5.52 Å². The maximum Gasteiger partial charge on any atom is 0.328 e. The lowest BCUT2D eigenvalue weighted by Gasteiger charge is -2.48. The van der Waals surface area contributed by atoms with Crippen LogP contribution >= 0.6 is 0 Å². The molecule has 2 fully saturated rings. The second-order valence-electron chi connectivity index (χ2n) is 9.51. The Morgan fingerprint density at radius 2 is 2.00 bits per heavy atom. The fourth-order valence-electron chi connectivity index (χ4n) is 4.58. The molecule has 0 aromatic carbocycles. The summed E-state index contributed by atoms with van der Waals surface area (Å²) in [5, 5.41) is 6.77. The zero-order valence-corrected chi connectivity index (χ0v) is 18.4. The van der Waals surface area contributed by atoms with Crippen LogP contribution in [-0.2, 0) is 11.3 Å². The molecule has 0 radical (unpaired) electrons. The summed E-state index contributed by atoms with van der Waals surface area (Å²) in [5.74, 6) is 0.438. The predicted octanol–water partition coefficient (Wildman–Crippen LogP) is 2.33. The number of pyridine rings is 1. The van der Waals surface area contributed by atoms with E-state index in [1.807, 2.05) is 6.20 Å². The van der Waals surface area contributed by atoms with E-state index in [4.69, 9.17) is 0 Å². The van der Waals surface area contributed by atoms with Crippen molar-refractivity contribution >= 4 is 23.1 Å². The number of carbonyl (C=O) groups is 2. The van der Waals surface area contributed by atoms with Gasteiger partial charge >= 0.3 is 6.03 Å². The number of hydrogen-bond donors (Lipinski definition) is 1. The number of nitrogens with zero attached hydrogens (tertiary/aromatic N) is 5. The number of anilines is 1. The van der Waals surface area contributed by atoms with Gasteiger partial charge in [0, 0.05) is 57.4 Å².